The van der Waals surface area contributed by atoms with Crippen LogP contribution < -0.4 is 5.32 Å². The third kappa shape index (κ3) is 3.92. The van der Waals surface area contributed by atoms with E-state index in [0.717, 1.165) is 25.8 Å². The molecule has 3 heterocycles. The number of rotatable bonds is 5. The van der Waals surface area contributed by atoms with Crippen LogP contribution in [0.5, 0.6) is 0 Å². The molecule has 3 saturated heterocycles. The minimum atomic E-state index is -3.34. The molecule has 0 aliphatic carbocycles. The smallest absolute Gasteiger partial charge is 0.242 e. The van der Waals surface area contributed by atoms with E-state index in [1.54, 1.807) is 37.4 Å². The topological polar surface area (TPSA) is 86.8 Å². The molecule has 8 heteroatoms. The van der Waals surface area contributed by atoms with Crippen LogP contribution in [0, 0.1) is 11.8 Å². The van der Waals surface area contributed by atoms with Crippen molar-refractivity contribution in [3.8, 4) is 0 Å². The molecule has 2 bridgehead atoms. The molecule has 0 saturated carbocycles. The fourth-order valence-electron chi connectivity index (χ4n) is 5.42. The second-order valence-electron chi connectivity index (χ2n) is 8.47. The average Bonchev–Trinajstić information content (AvgIpc) is 2.73. The molecular weight excluding hydrogens is 390 g/mol. The Bertz CT molecular complexity index is 873. The first-order chi connectivity index (χ1) is 13.9. The van der Waals surface area contributed by atoms with Crippen LogP contribution in [0.2, 0.25) is 0 Å². The third-order valence-corrected chi connectivity index (χ3v) is 8.42. The molecule has 0 radical (unpaired) electrons. The highest BCUT2D eigenvalue weighted by molar-refractivity contribution is 7.91. The Morgan fingerprint density at radius 3 is 2.62 bits per heavy atom. The van der Waals surface area contributed by atoms with Crippen LogP contribution in [0.15, 0.2) is 35.2 Å². The van der Waals surface area contributed by atoms with Gasteiger partial charge in [-0.2, -0.15) is 0 Å². The third-order valence-electron chi connectivity index (χ3n) is 6.71. The van der Waals surface area contributed by atoms with E-state index in [4.69, 9.17) is 0 Å². The summed E-state index contributed by atoms with van der Waals surface area (Å²) >= 11 is 0. The molecule has 1 N–H and O–H groups in total. The van der Waals surface area contributed by atoms with Crippen molar-refractivity contribution < 1.29 is 18.0 Å². The maximum Gasteiger partial charge on any atom is 0.242 e. The lowest BCUT2D eigenvalue weighted by Crippen LogP contribution is -2.68. The van der Waals surface area contributed by atoms with Gasteiger partial charge in [-0.3, -0.25) is 9.59 Å². The molecule has 3 aliphatic rings. The van der Waals surface area contributed by atoms with Crippen molar-refractivity contribution in [2.24, 2.45) is 11.8 Å². The van der Waals surface area contributed by atoms with Crippen LogP contribution >= 0.6 is 0 Å². The summed E-state index contributed by atoms with van der Waals surface area (Å²) in [6.45, 7) is 1.89. The molecule has 4 rings (SSSR count). The monoisotopic (exact) mass is 419 g/mol. The van der Waals surface area contributed by atoms with Gasteiger partial charge in [0.25, 0.3) is 0 Å². The van der Waals surface area contributed by atoms with Gasteiger partial charge in [0.15, 0.2) is 9.84 Å². The summed E-state index contributed by atoms with van der Waals surface area (Å²) in [7, 11) is -1.72. The normalized spacial score (nSPS) is 30.0. The zero-order chi connectivity index (χ0) is 20.6. The van der Waals surface area contributed by atoms with Gasteiger partial charge in [-0.05, 0) is 37.3 Å². The van der Waals surface area contributed by atoms with Gasteiger partial charge in [-0.1, -0.05) is 18.2 Å². The lowest BCUT2D eigenvalue weighted by atomic mass is 9.72. The molecule has 0 aromatic heterocycles. The molecule has 158 valence electrons. The van der Waals surface area contributed by atoms with Crippen molar-refractivity contribution in [1.29, 1.82) is 0 Å². The highest BCUT2D eigenvalue weighted by Gasteiger charge is 2.51. The fraction of sp³-hybridized carbons (Fsp3) is 0.619. The predicted octanol–water partition coefficient (Wildman–Crippen LogP) is 0.908. The average molecular weight is 420 g/mol. The number of carbonyl (C=O) groups is 2. The van der Waals surface area contributed by atoms with E-state index in [9.17, 15) is 18.0 Å². The maximum atomic E-state index is 12.7. The lowest BCUT2D eigenvalue weighted by molar-refractivity contribution is -0.160. The Morgan fingerprint density at radius 1 is 1.17 bits per heavy atom. The van der Waals surface area contributed by atoms with Crippen molar-refractivity contribution >= 4 is 21.7 Å². The van der Waals surface area contributed by atoms with Gasteiger partial charge in [-0.25, -0.2) is 8.42 Å². The number of fused-ring (bicyclic) bond motifs is 4. The first-order valence-electron chi connectivity index (χ1n) is 10.4. The van der Waals surface area contributed by atoms with Crippen LogP contribution in [-0.4, -0.2) is 74.6 Å². The number of likely N-dealkylation sites (tertiary alicyclic amines) is 1. The van der Waals surface area contributed by atoms with Gasteiger partial charge in [0.2, 0.25) is 11.8 Å². The van der Waals surface area contributed by atoms with Crippen LogP contribution in [0.3, 0.4) is 0 Å². The maximum absolute atomic E-state index is 12.7. The lowest BCUT2D eigenvalue weighted by Gasteiger charge is -2.55. The van der Waals surface area contributed by atoms with Gasteiger partial charge < -0.3 is 15.1 Å². The molecule has 1 aromatic rings. The van der Waals surface area contributed by atoms with Gasteiger partial charge >= 0.3 is 0 Å². The quantitative estimate of drug-likeness (QED) is 0.767. The molecule has 0 unspecified atom stereocenters. The number of piperidine rings is 3. The van der Waals surface area contributed by atoms with Crippen molar-refractivity contribution in [3.63, 3.8) is 0 Å². The number of likely N-dealkylation sites (N-methyl/N-ethyl adjacent to an activating group) is 1. The van der Waals surface area contributed by atoms with Crippen molar-refractivity contribution in [3.05, 3.63) is 30.3 Å². The van der Waals surface area contributed by atoms with E-state index < -0.39 is 15.9 Å². The SMILES string of the molecule is CNC(=O)[C@H]1[C@@H]2C[C@@H](CN(CCS(=O)(=O)c3ccccc3)C2)[C@@H]2CCCC(=O)N21. The number of amides is 2. The summed E-state index contributed by atoms with van der Waals surface area (Å²) < 4.78 is 25.3. The molecule has 2 amide bonds. The number of nitrogens with one attached hydrogen (secondary N) is 1. The predicted molar refractivity (Wildman–Crippen MR) is 109 cm³/mol. The van der Waals surface area contributed by atoms with E-state index in [1.807, 2.05) is 4.90 Å². The molecule has 3 aliphatic heterocycles. The van der Waals surface area contributed by atoms with Crippen molar-refractivity contribution in [2.75, 3.05) is 32.4 Å². The van der Waals surface area contributed by atoms with Crippen LogP contribution in [0.4, 0.5) is 0 Å². The first kappa shape index (κ1) is 20.3. The van der Waals surface area contributed by atoms with Crippen LogP contribution in [-0.2, 0) is 19.4 Å². The van der Waals surface area contributed by atoms with Crippen LogP contribution in [0.25, 0.3) is 0 Å². The highest BCUT2D eigenvalue weighted by Crippen LogP contribution is 2.41. The van der Waals surface area contributed by atoms with Crippen LogP contribution in [0.1, 0.15) is 25.7 Å². The summed E-state index contributed by atoms with van der Waals surface area (Å²) in [5.41, 5.74) is 0. The molecule has 1 aromatic carbocycles. The largest absolute Gasteiger partial charge is 0.357 e. The Kier molecular flexibility index (Phi) is 5.66. The second kappa shape index (κ2) is 8.07. The Labute approximate surface area is 172 Å². The van der Waals surface area contributed by atoms with Gasteiger partial charge in [0, 0.05) is 45.1 Å². The van der Waals surface area contributed by atoms with E-state index in [1.165, 1.54) is 0 Å². The zero-order valence-electron chi connectivity index (χ0n) is 16.8. The summed E-state index contributed by atoms with van der Waals surface area (Å²) in [4.78, 5) is 29.7. The highest BCUT2D eigenvalue weighted by atomic mass is 32.2. The number of hydrogen-bond acceptors (Lipinski definition) is 5. The number of sulfone groups is 1. The minimum Gasteiger partial charge on any atom is -0.357 e. The fourth-order valence-corrected chi connectivity index (χ4v) is 6.72. The summed E-state index contributed by atoms with van der Waals surface area (Å²) in [5.74, 6) is 0.399. The Hall–Kier alpha value is -1.93. The number of nitrogens with zero attached hydrogens (tertiary/aromatic N) is 2. The van der Waals surface area contributed by atoms with Gasteiger partial charge in [0.1, 0.15) is 6.04 Å². The number of hydrogen-bond donors (Lipinski definition) is 1. The van der Waals surface area contributed by atoms with E-state index in [2.05, 4.69) is 10.2 Å². The zero-order valence-corrected chi connectivity index (χ0v) is 17.6. The Balaban J connectivity index is 1.50. The minimum absolute atomic E-state index is 0.0476. The van der Waals surface area contributed by atoms with E-state index >= 15 is 0 Å². The van der Waals surface area contributed by atoms with Gasteiger partial charge in [0.05, 0.1) is 10.6 Å². The molecule has 4 atom stereocenters. The molecular formula is C21H29N3O4S. The molecule has 29 heavy (non-hydrogen) atoms. The Morgan fingerprint density at radius 2 is 1.90 bits per heavy atom. The standard InChI is InChI=1S/C21H29N3O4S/c1-22-21(26)20-16-12-15(18-8-5-9-19(25)24(18)20)13-23(14-16)10-11-29(27,28)17-6-3-2-4-7-17/h2-4,6-7,15-16,18,20H,5,8-14H2,1H3,(H,22,26)/t15-,16+,18-,20+/m0/s1. The first-order valence-corrected chi connectivity index (χ1v) is 12.1. The van der Waals surface area contributed by atoms with Gasteiger partial charge in [-0.15, -0.1) is 0 Å². The number of carbonyl (C=O) groups excluding carboxylic acids is 2. The second-order valence-corrected chi connectivity index (χ2v) is 10.6. The molecule has 7 nitrogen and oxygen atoms in total. The summed E-state index contributed by atoms with van der Waals surface area (Å²) in [6, 6.07) is 8.19. The van der Waals surface area contributed by atoms with E-state index in [-0.39, 0.29) is 29.5 Å². The van der Waals surface area contributed by atoms with Crippen molar-refractivity contribution in [1.82, 2.24) is 15.1 Å². The summed E-state index contributed by atoms with van der Waals surface area (Å²) in [6.07, 6.45) is 3.23. The summed E-state index contributed by atoms with van der Waals surface area (Å²) in [5, 5.41) is 2.74. The van der Waals surface area contributed by atoms with E-state index in [0.29, 0.717) is 30.3 Å². The van der Waals surface area contributed by atoms with Crippen molar-refractivity contribution in [2.45, 2.75) is 42.7 Å². The molecule has 0 spiro atoms. The number of benzene rings is 1. The molecule has 3 fully saturated rings.